The third-order valence-electron chi connectivity index (χ3n) is 4.04. The molecule has 2 aliphatic rings. The Morgan fingerprint density at radius 3 is 2.94 bits per heavy atom. The van der Waals surface area contributed by atoms with Gasteiger partial charge in [-0.25, -0.2) is 0 Å². The van der Waals surface area contributed by atoms with Crippen molar-refractivity contribution in [3.05, 3.63) is 29.3 Å². The molecule has 1 aromatic carbocycles. The molecule has 3 heteroatoms. The average molecular weight is 230 g/mol. The number of amides is 1. The maximum Gasteiger partial charge on any atom is 0.226 e. The van der Waals surface area contributed by atoms with Crippen molar-refractivity contribution < 1.29 is 4.79 Å². The lowest BCUT2D eigenvalue weighted by Crippen LogP contribution is -2.37. The number of rotatable bonds is 1. The Hall–Kier alpha value is -1.51. The van der Waals surface area contributed by atoms with Crippen LogP contribution in [-0.2, 0) is 17.8 Å². The van der Waals surface area contributed by atoms with Crippen LogP contribution >= 0.6 is 0 Å². The number of nitrogens with zero attached hydrogens (tertiary/aromatic N) is 1. The van der Waals surface area contributed by atoms with Gasteiger partial charge in [0.2, 0.25) is 5.91 Å². The molecule has 2 N–H and O–H groups in total. The van der Waals surface area contributed by atoms with Crippen molar-refractivity contribution in [1.29, 1.82) is 0 Å². The zero-order chi connectivity index (χ0) is 12.0. The number of nitrogen functional groups attached to an aromatic ring is 1. The number of nitrogens with two attached hydrogens (primary N) is 1. The average Bonchev–Trinajstić information content (AvgIpc) is 3.05. The largest absolute Gasteiger partial charge is 0.398 e. The van der Waals surface area contributed by atoms with E-state index in [2.05, 4.69) is 13.0 Å². The fourth-order valence-corrected chi connectivity index (χ4v) is 2.73. The zero-order valence-electron chi connectivity index (χ0n) is 10.1. The highest BCUT2D eigenvalue weighted by Gasteiger charge is 2.41. The minimum absolute atomic E-state index is 0.289. The Morgan fingerprint density at radius 1 is 1.47 bits per heavy atom. The highest BCUT2D eigenvalue weighted by atomic mass is 16.2. The summed E-state index contributed by atoms with van der Waals surface area (Å²) < 4.78 is 0. The minimum Gasteiger partial charge on any atom is -0.398 e. The smallest absolute Gasteiger partial charge is 0.226 e. The van der Waals surface area contributed by atoms with Crippen molar-refractivity contribution in [3.63, 3.8) is 0 Å². The molecule has 17 heavy (non-hydrogen) atoms. The van der Waals surface area contributed by atoms with Gasteiger partial charge in [-0.3, -0.25) is 4.79 Å². The van der Waals surface area contributed by atoms with E-state index >= 15 is 0 Å². The maximum absolute atomic E-state index is 12.2. The molecule has 3 nitrogen and oxygen atoms in total. The molecule has 1 heterocycles. The van der Waals surface area contributed by atoms with Crippen LogP contribution in [0.4, 0.5) is 5.69 Å². The van der Waals surface area contributed by atoms with Crippen LogP contribution in [0, 0.1) is 11.8 Å². The van der Waals surface area contributed by atoms with Gasteiger partial charge in [-0.1, -0.05) is 19.1 Å². The lowest BCUT2D eigenvalue weighted by Gasteiger charge is -2.29. The molecule has 2 unspecified atom stereocenters. The normalized spacial score (nSPS) is 26.5. The predicted molar refractivity (Wildman–Crippen MR) is 67.2 cm³/mol. The maximum atomic E-state index is 12.2. The molecule has 1 aliphatic carbocycles. The topological polar surface area (TPSA) is 46.3 Å². The summed E-state index contributed by atoms with van der Waals surface area (Å²) in [5, 5.41) is 0. The first-order valence-corrected chi connectivity index (χ1v) is 6.32. The quantitative estimate of drug-likeness (QED) is 0.748. The van der Waals surface area contributed by atoms with Crippen LogP contribution in [0.25, 0.3) is 0 Å². The predicted octanol–water partition coefficient (Wildman–Crippen LogP) is 1.81. The molecule has 90 valence electrons. The van der Waals surface area contributed by atoms with Crippen molar-refractivity contribution in [2.45, 2.75) is 26.3 Å². The van der Waals surface area contributed by atoms with Gasteiger partial charge in [0.15, 0.2) is 0 Å². The molecule has 0 bridgehead atoms. The van der Waals surface area contributed by atoms with Gasteiger partial charge < -0.3 is 10.6 Å². The number of carbonyl (C=O) groups is 1. The van der Waals surface area contributed by atoms with E-state index in [0.29, 0.717) is 11.8 Å². The molecule has 1 saturated carbocycles. The second-order valence-corrected chi connectivity index (χ2v) is 5.31. The second-order valence-electron chi connectivity index (χ2n) is 5.31. The molecule has 2 atom stereocenters. The summed E-state index contributed by atoms with van der Waals surface area (Å²) in [6.45, 7) is 3.71. The van der Waals surface area contributed by atoms with E-state index in [9.17, 15) is 4.79 Å². The first-order chi connectivity index (χ1) is 8.16. The Balaban J connectivity index is 1.79. The number of anilines is 1. The van der Waals surface area contributed by atoms with E-state index in [0.717, 1.165) is 31.6 Å². The Kier molecular flexibility index (Phi) is 2.35. The van der Waals surface area contributed by atoms with Crippen LogP contribution in [0.2, 0.25) is 0 Å². The van der Waals surface area contributed by atoms with Gasteiger partial charge in [0.05, 0.1) is 0 Å². The minimum atomic E-state index is 0.289. The molecule has 1 fully saturated rings. The van der Waals surface area contributed by atoms with Gasteiger partial charge in [0, 0.05) is 24.7 Å². The summed E-state index contributed by atoms with van der Waals surface area (Å²) in [6.07, 6.45) is 1.97. The fourth-order valence-electron chi connectivity index (χ4n) is 2.73. The Labute approximate surface area is 102 Å². The van der Waals surface area contributed by atoms with E-state index in [1.807, 2.05) is 17.0 Å². The molecule has 1 amide bonds. The molecule has 1 aromatic rings. The van der Waals surface area contributed by atoms with E-state index in [1.54, 1.807) is 0 Å². The molecule has 0 aromatic heterocycles. The summed E-state index contributed by atoms with van der Waals surface area (Å²) in [4.78, 5) is 14.2. The van der Waals surface area contributed by atoms with Crippen molar-refractivity contribution in [2.75, 3.05) is 12.3 Å². The first-order valence-electron chi connectivity index (χ1n) is 6.32. The SMILES string of the molecule is CC1CC1C(=O)N1CCc2c(N)cccc2C1. The van der Waals surface area contributed by atoms with Gasteiger partial charge in [0.1, 0.15) is 0 Å². The first kappa shape index (κ1) is 10.6. The summed E-state index contributed by atoms with van der Waals surface area (Å²) in [5.41, 5.74) is 9.28. The van der Waals surface area contributed by atoms with Gasteiger partial charge >= 0.3 is 0 Å². The molecule has 1 aliphatic heterocycles. The molecule has 0 radical (unpaired) electrons. The summed E-state index contributed by atoms with van der Waals surface area (Å²) in [7, 11) is 0. The van der Waals surface area contributed by atoms with Crippen LogP contribution in [-0.4, -0.2) is 17.4 Å². The third-order valence-corrected chi connectivity index (χ3v) is 4.04. The monoisotopic (exact) mass is 230 g/mol. The summed E-state index contributed by atoms with van der Waals surface area (Å²) in [6, 6.07) is 6.00. The number of hydrogen-bond donors (Lipinski definition) is 1. The van der Waals surface area contributed by atoms with Crippen molar-refractivity contribution in [2.24, 2.45) is 11.8 Å². The molecule has 3 rings (SSSR count). The van der Waals surface area contributed by atoms with Crippen LogP contribution in [0.3, 0.4) is 0 Å². The number of fused-ring (bicyclic) bond motifs is 1. The van der Waals surface area contributed by atoms with E-state index < -0.39 is 0 Å². The van der Waals surface area contributed by atoms with Crippen LogP contribution in [0.1, 0.15) is 24.5 Å². The van der Waals surface area contributed by atoms with Gasteiger partial charge in [-0.2, -0.15) is 0 Å². The highest BCUT2D eigenvalue weighted by Crippen LogP contribution is 2.40. The Morgan fingerprint density at radius 2 is 2.24 bits per heavy atom. The van der Waals surface area contributed by atoms with Crippen LogP contribution < -0.4 is 5.73 Å². The molecule has 0 spiro atoms. The van der Waals surface area contributed by atoms with Crippen LogP contribution in [0.5, 0.6) is 0 Å². The number of hydrogen-bond acceptors (Lipinski definition) is 2. The Bertz CT molecular complexity index is 469. The van der Waals surface area contributed by atoms with Crippen LogP contribution in [0.15, 0.2) is 18.2 Å². The third kappa shape index (κ3) is 1.79. The van der Waals surface area contributed by atoms with Gasteiger partial charge in [0.25, 0.3) is 0 Å². The lowest BCUT2D eigenvalue weighted by molar-refractivity contribution is -0.133. The second kappa shape index (κ2) is 3.76. The fraction of sp³-hybridized carbons (Fsp3) is 0.500. The molecular weight excluding hydrogens is 212 g/mol. The number of carbonyl (C=O) groups excluding carboxylic acids is 1. The van der Waals surface area contributed by atoms with Crippen molar-refractivity contribution in [1.82, 2.24) is 4.90 Å². The highest BCUT2D eigenvalue weighted by molar-refractivity contribution is 5.82. The summed E-state index contributed by atoms with van der Waals surface area (Å²) >= 11 is 0. The zero-order valence-corrected chi connectivity index (χ0v) is 10.1. The summed E-state index contributed by atoms with van der Waals surface area (Å²) in [5.74, 6) is 1.22. The molecule has 0 saturated heterocycles. The van der Waals surface area contributed by atoms with Crippen molar-refractivity contribution >= 4 is 11.6 Å². The van der Waals surface area contributed by atoms with Gasteiger partial charge in [-0.05, 0) is 36.0 Å². The van der Waals surface area contributed by atoms with Gasteiger partial charge in [-0.15, -0.1) is 0 Å². The van der Waals surface area contributed by atoms with E-state index in [4.69, 9.17) is 5.73 Å². The van der Waals surface area contributed by atoms with Crippen molar-refractivity contribution in [3.8, 4) is 0 Å². The number of benzene rings is 1. The van der Waals surface area contributed by atoms with E-state index in [-0.39, 0.29) is 5.92 Å². The standard InChI is InChI=1S/C14H18N2O/c1-9-7-12(9)14(17)16-6-5-11-10(8-16)3-2-4-13(11)15/h2-4,9,12H,5-8,15H2,1H3. The lowest BCUT2D eigenvalue weighted by atomic mass is 9.97. The molecular formula is C14H18N2O. The van der Waals surface area contributed by atoms with E-state index in [1.165, 1.54) is 11.1 Å².